The van der Waals surface area contributed by atoms with Gasteiger partial charge in [-0.25, -0.2) is 9.78 Å². The molecule has 0 aliphatic rings. The van der Waals surface area contributed by atoms with Crippen LogP contribution in [0.2, 0.25) is 0 Å². The predicted octanol–water partition coefficient (Wildman–Crippen LogP) is 1.10. The second-order valence-electron chi connectivity index (χ2n) is 3.15. The van der Waals surface area contributed by atoms with E-state index in [9.17, 15) is 9.59 Å². The molecule has 18 heavy (non-hydrogen) atoms. The summed E-state index contributed by atoms with van der Waals surface area (Å²) in [5, 5.41) is 8.38. The SMILES string of the molecule is Cc1nnsc1C(=O)OCC(=O)Nc1nccs1. The summed E-state index contributed by atoms with van der Waals surface area (Å²) < 4.78 is 8.45. The number of aromatic nitrogens is 3. The molecule has 1 N–H and O–H groups in total. The van der Waals surface area contributed by atoms with Crippen LogP contribution in [0.5, 0.6) is 0 Å². The molecule has 0 bridgehead atoms. The molecule has 0 fully saturated rings. The van der Waals surface area contributed by atoms with Crippen LogP contribution in [0.25, 0.3) is 0 Å². The number of amides is 1. The first-order valence-corrected chi connectivity index (χ1v) is 6.47. The molecule has 0 saturated heterocycles. The van der Waals surface area contributed by atoms with Gasteiger partial charge < -0.3 is 4.74 Å². The number of nitrogens with one attached hydrogen (secondary N) is 1. The van der Waals surface area contributed by atoms with Crippen LogP contribution in [0.3, 0.4) is 0 Å². The highest BCUT2D eigenvalue weighted by Gasteiger charge is 2.16. The van der Waals surface area contributed by atoms with Crippen LogP contribution >= 0.6 is 22.9 Å². The lowest BCUT2D eigenvalue weighted by Crippen LogP contribution is -2.20. The molecule has 2 heterocycles. The molecule has 0 aliphatic heterocycles. The van der Waals surface area contributed by atoms with Crippen molar-refractivity contribution >= 4 is 39.9 Å². The van der Waals surface area contributed by atoms with E-state index in [1.807, 2.05) is 0 Å². The monoisotopic (exact) mass is 284 g/mol. The molecule has 0 aromatic carbocycles. The molecular formula is C9H8N4O3S2. The molecule has 2 aromatic heterocycles. The van der Waals surface area contributed by atoms with E-state index in [2.05, 4.69) is 19.9 Å². The van der Waals surface area contributed by atoms with Gasteiger partial charge in [-0.2, -0.15) is 0 Å². The second-order valence-corrected chi connectivity index (χ2v) is 4.80. The van der Waals surface area contributed by atoms with Crippen molar-refractivity contribution in [1.82, 2.24) is 14.6 Å². The van der Waals surface area contributed by atoms with Gasteiger partial charge in [-0.1, -0.05) is 4.49 Å². The van der Waals surface area contributed by atoms with Crippen LogP contribution in [-0.2, 0) is 9.53 Å². The van der Waals surface area contributed by atoms with Crippen molar-refractivity contribution < 1.29 is 14.3 Å². The van der Waals surface area contributed by atoms with Gasteiger partial charge in [0.15, 0.2) is 16.6 Å². The minimum Gasteiger partial charge on any atom is -0.451 e. The Balaban J connectivity index is 1.83. The number of hydrogen-bond donors (Lipinski definition) is 1. The highest BCUT2D eigenvalue weighted by Crippen LogP contribution is 2.12. The maximum Gasteiger partial charge on any atom is 0.352 e. The third-order valence-electron chi connectivity index (χ3n) is 1.85. The molecular weight excluding hydrogens is 276 g/mol. The van der Waals surface area contributed by atoms with Gasteiger partial charge >= 0.3 is 5.97 Å². The zero-order chi connectivity index (χ0) is 13.0. The van der Waals surface area contributed by atoms with Crippen molar-refractivity contribution in [3.8, 4) is 0 Å². The van der Waals surface area contributed by atoms with Crippen LogP contribution in [-0.4, -0.2) is 33.1 Å². The topological polar surface area (TPSA) is 94.1 Å². The lowest BCUT2D eigenvalue weighted by Gasteiger charge is -2.02. The van der Waals surface area contributed by atoms with Gasteiger partial charge in [0, 0.05) is 11.6 Å². The van der Waals surface area contributed by atoms with Crippen LogP contribution in [0, 0.1) is 6.92 Å². The number of aryl methyl sites for hydroxylation is 1. The highest BCUT2D eigenvalue weighted by atomic mass is 32.1. The van der Waals surface area contributed by atoms with Gasteiger partial charge in [0.1, 0.15) is 0 Å². The fourth-order valence-corrected chi connectivity index (χ4v) is 2.15. The molecule has 0 spiro atoms. The van der Waals surface area contributed by atoms with Gasteiger partial charge in [0.05, 0.1) is 5.69 Å². The van der Waals surface area contributed by atoms with E-state index in [-0.39, 0.29) is 6.61 Å². The molecule has 9 heteroatoms. The number of hydrogen-bond acceptors (Lipinski definition) is 8. The van der Waals surface area contributed by atoms with Crippen molar-refractivity contribution in [3.63, 3.8) is 0 Å². The Morgan fingerprint density at radius 1 is 1.50 bits per heavy atom. The third kappa shape index (κ3) is 3.08. The first-order valence-electron chi connectivity index (χ1n) is 4.82. The van der Waals surface area contributed by atoms with Crippen LogP contribution in [0.15, 0.2) is 11.6 Å². The first-order chi connectivity index (χ1) is 8.66. The summed E-state index contributed by atoms with van der Waals surface area (Å²) in [5.74, 6) is -1.04. The number of ether oxygens (including phenoxy) is 1. The summed E-state index contributed by atoms with van der Waals surface area (Å²) in [4.78, 5) is 27.1. The Hall–Kier alpha value is -1.87. The average molecular weight is 284 g/mol. The fraction of sp³-hybridized carbons (Fsp3) is 0.222. The van der Waals surface area contributed by atoms with Crippen molar-refractivity contribution in [2.75, 3.05) is 11.9 Å². The number of esters is 1. The Morgan fingerprint density at radius 2 is 2.33 bits per heavy atom. The highest BCUT2D eigenvalue weighted by molar-refractivity contribution is 7.13. The summed E-state index contributed by atoms with van der Waals surface area (Å²) in [6, 6.07) is 0. The summed E-state index contributed by atoms with van der Waals surface area (Å²) >= 11 is 2.22. The minimum absolute atomic E-state index is 0.303. The maximum atomic E-state index is 11.5. The molecule has 0 atom stereocenters. The van der Waals surface area contributed by atoms with Crippen LogP contribution < -0.4 is 5.32 Å². The predicted molar refractivity (Wildman–Crippen MR) is 65.7 cm³/mol. The van der Waals surface area contributed by atoms with Gasteiger partial charge in [0.2, 0.25) is 0 Å². The molecule has 0 aliphatic carbocycles. The minimum atomic E-state index is -0.600. The van der Waals surface area contributed by atoms with Crippen molar-refractivity contribution in [2.45, 2.75) is 6.92 Å². The van der Waals surface area contributed by atoms with E-state index in [1.165, 1.54) is 11.3 Å². The third-order valence-corrected chi connectivity index (χ3v) is 3.35. The molecule has 0 saturated carbocycles. The average Bonchev–Trinajstić information content (AvgIpc) is 2.97. The molecule has 0 unspecified atom stereocenters. The number of carbonyl (C=O) groups excluding carboxylic acids is 2. The second kappa shape index (κ2) is 5.65. The lowest BCUT2D eigenvalue weighted by atomic mass is 10.4. The van der Waals surface area contributed by atoms with Crippen molar-refractivity contribution in [1.29, 1.82) is 0 Å². The summed E-state index contributed by atoms with van der Waals surface area (Å²) in [6.45, 7) is 1.28. The van der Waals surface area contributed by atoms with Gasteiger partial charge in [-0.05, 0) is 18.5 Å². The van der Waals surface area contributed by atoms with Crippen molar-refractivity contribution in [2.24, 2.45) is 0 Å². The Morgan fingerprint density at radius 3 is 2.94 bits per heavy atom. The molecule has 2 rings (SSSR count). The number of rotatable bonds is 4. The number of anilines is 1. The summed E-state index contributed by atoms with van der Waals surface area (Å²) in [5.41, 5.74) is 0.491. The molecule has 0 radical (unpaired) electrons. The lowest BCUT2D eigenvalue weighted by molar-refractivity contribution is -0.119. The summed E-state index contributed by atoms with van der Waals surface area (Å²) in [7, 11) is 0. The summed E-state index contributed by atoms with van der Waals surface area (Å²) in [6.07, 6.45) is 1.57. The van der Waals surface area contributed by atoms with Crippen LogP contribution in [0.4, 0.5) is 5.13 Å². The van der Waals surface area contributed by atoms with Crippen LogP contribution in [0.1, 0.15) is 15.4 Å². The maximum absolute atomic E-state index is 11.5. The molecule has 2 aromatic rings. The standard InChI is InChI=1S/C9H8N4O3S2/c1-5-7(18-13-12-5)8(15)16-4-6(14)11-9-10-2-3-17-9/h2-3H,4H2,1H3,(H,10,11,14). The number of nitrogens with zero attached hydrogens (tertiary/aromatic N) is 3. The fourth-order valence-electron chi connectivity index (χ4n) is 1.06. The van der Waals surface area contributed by atoms with E-state index in [0.29, 0.717) is 15.7 Å². The van der Waals surface area contributed by atoms with Gasteiger partial charge in [-0.15, -0.1) is 16.4 Å². The first kappa shape index (κ1) is 12.6. The smallest absolute Gasteiger partial charge is 0.352 e. The molecule has 7 nitrogen and oxygen atoms in total. The molecule has 94 valence electrons. The quantitative estimate of drug-likeness (QED) is 0.845. The zero-order valence-electron chi connectivity index (χ0n) is 9.24. The van der Waals surface area contributed by atoms with E-state index >= 15 is 0 Å². The normalized spacial score (nSPS) is 10.1. The Labute approximate surface area is 110 Å². The van der Waals surface area contributed by atoms with Gasteiger partial charge in [0.25, 0.3) is 5.91 Å². The largest absolute Gasteiger partial charge is 0.451 e. The van der Waals surface area contributed by atoms with E-state index in [0.717, 1.165) is 11.5 Å². The van der Waals surface area contributed by atoms with Gasteiger partial charge in [-0.3, -0.25) is 10.1 Å². The number of thiazole rings is 1. The Bertz CT molecular complexity index is 552. The Kier molecular flexibility index (Phi) is 3.95. The zero-order valence-corrected chi connectivity index (χ0v) is 10.9. The van der Waals surface area contributed by atoms with E-state index in [1.54, 1.807) is 18.5 Å². The van der Waals surface area contributed by atoms with E-state index < -0.39 is 11.9 Å². The molecule has 1 amide bonds. The van der Waals surface area contributed by atoms with E-state index in [4.69, 9.17) is 4.74 Å². The van der Waals surface area contributed by atoms with Crippen molar-refractivity contribution in [3.05, 3.63) is 22.1 Å². The number of carbonyl (C=O) groups is 2.